The van der Waals surface area contributed by atoms with Crippen LogP contribution in [0.1, 0.15) is 13.8 Å². The van der Waals surface area contributed by atoms with Gasteiger partial charge in [0.2, 0.25) is 5.84 Å². The van der Waals surface area contributed by atoms with Crippen LogP contribution in [0.3, 0.4) is 0 Å². The summed E-state index contributed by atoms with van der Waals surface area (Å²) >= 11 is 1.20. The topological polar surface area (TPSA) is 65.5 Å². The molecule has 0 aliphatic heterocycles. The third-order valence-corrected chi connectivity index (χ3v) is 3.59. The standard InChI is InChI=1S/C13H13F3N4S/c1-7(2)21-11-10(17)20(12(18)13(14,15)16)9-6-4-3-5-8(9)19-11/h3-7,17-18H,1-2H3. The van der Waals surface area contributed by atoms with Gasteiger partial charge in [0, 0.05) is 5.25 Å². The number of aromatic nitrogens is 2. The van der Waals surface area contributed by atoms with Crippen LogP contribution in [-0.4, -0.2) is 26.8 Å². The normalized spacial score (nSPS) is 12.1. The summed E-state index contributed by atoms with van der Waals surface area (Å²) < 4.78 is 39.2. The van der Waals surface area contributed by atoms with Gasteiger partial charge in [0.25, 0.3) is 0 Å². The van der Waals surface area contributed by atoms with Crippen molar-refractivity contribution in [1.82, 2.24) is 9.55 Å². The van der Waals surface area contributed by atoms with E-state index in [0.717, 1.165) is 0 Å². The summed E-state index contributed by atoms with van der Waals surface area (Å²) in [6, 6.07) is 6.20. The van der Waals surface area contributed by atoms with Crippen LogP contribution in [0.25, 0.3) is 11.0 Å². The van der Waals surface area contributed by atoms with Gasteiger partial charge < -0.3 is 0 Å². The Morgan fingerprint density at radius 1 is 1.29 bits per heavy atom. The number of para-hydroxylation sites is 2. The molecule has 2 aromatic rings. The molecule has 0 amide bonds. The highest BCUT2D eigenvalue weighted by molar-refractivity contribution is 7.99. The Morgan fingerprint density at radius 2 is 1.90 bits per heavy atom. The Balaban J connectivity index is 2.80. The number of halogens is 3. The fourth-order valence-corrected chi connectivity index (χ4v) is 2.59. The molecule has 0 atom stereocenters. The number of hydrogen-bond acceptors (Lipinski definition) is 4. The van der Waals surface area contributed by atoms with Crippen molar-refractivity contribution in [2.75, 3.05) is 0 Å². The van der Waals surface area contributed by atoms with Crippen LogP contribution in [0.5, 0.6) is 0 Å². The Bertz CT molecular complexity index is 749. The molecule has 0 radical (unpaired) electrons. The van der Waals surface area contributed by atoms with E-state index in [0.29, 0.717) is 10.1 Å². The van der Waals surface area contributed by atoms with E-state index in [4.69, 9.17) is 10.8 Å². The second-order valence-corrected chi connectivity index (χ2v) is 6.17. The van der Waals surface area contributed by atoms with E-state index in [1.54, 1.807) is 18.2 Å². The van der Waals surface area contributed by atoms with Gasteiger partial charge in [-0.1, -0.05) is 37.7 Å². The van der Waals surface area contributed by atoms with Crippen LogP contribution >= 0.6 is 11.8 Å². The van der Waals surface area contributed by atoms with E-state index in [9.17, 15) is 13.2 Å². The van der Waals surface area contributed by atoms with Gasteiger partial charge in [0.1, 0.15) is 5.03 Å². The minimum atomic E-state index is -4.83. The van der Waals surface area contributed by atoms with E-state index >= 15 is 0 Å². The maximum absolute atomic E-state index is 12.9. The predicted octanol–water partition coefficient (Wildman–Crippen LogP) is 3.40. The average Bonchev–Trinajstić information content (AvgIpc) is 2.37. The van der Waals surface area contributed by atoms with E-state index in [1.165, 1.54) is 17.8 Å². The summed E-state index contributed by atoms with van der Waals surface area (Å²) in [6.45, 7) is 3.72. The fourth-order valence-electron chi connectivity index (χ4n) is 1.79. The van der Waals surface area contributed by atoms with Gasteiger partial charge in [-0.15, -0.1) is 0 Å². The van der Waals surface area contributed by atoms with Crippen LogP contribution in [0.2, 0.25) is 0 Å². The second-order valence-electron chi connectivity index (χ2n) is 4.60. The van der Waals surface area contributed by atoms with Crippen LogP contribution in [0.15, 0.2) is 29.3 Å². The number of hydrogen-bond donors (Lipinski definition) is 2. The molecule has 0 aliphatic carbocycles. The van der Waals surface area contributed by atoms with Crippen molar-refractivity contribution in [3.8, 4) is 0 Å². The smallest absolute Gasteiger partial charge is 0.282 e. The molecule has 21 heavy (non-hydrogen) atoms. The molecular weight excluding hydrogens is 301 g/mol. The van der Waals surface area contributed by atoms with E-state index in [2.05, 4.69) is 4.98 Å². The summed E-state index contributed by atoms with van der Waals surface area (Å²) in [6.07, 6.45) is -4.83. The Hall–Kier alpha value is -1.83. The van der Waals surface area contributed by atoms with Gasteiger partial charge in [-0.2, -0.15) is 13.2 Å². The highest BCUT2D eigenvalue weighted by atomic mass is 32.2. The summed E-state index contributed by atoms with van der Waals surface area (Å²) in [4.78, 5) is 4.23. The number of rotatable bonds is 2. The molecule has 2 N–H and O–H groups in total. The predicted molar refractivity (Wildman–Crippen MR) is 75.8 cm³/mol. The zero-order chi connectivity index (χ0) is 15.8. The molecule has 1 heterocycles. The van der Waals surface area contributed by atoms with Crippen molar-refractivity contribution in [2.45, 2.75) is 30.3 Å². The highest BCUT2D eigenvalue weighted by Crippen LogP contribution is 2.23. The average molecular weight is 314 g/mol. The van der Waals surface area contributed by atoms with Gasteiger partial charge in [-0.3, -0.25) is 15.4 Å². The maximum Gasteiger partial charge on any atom is 0.449 e. The molecule has 0 fully saturated rings. The quantitative estimate of drug-likeness (QED) is 0.507. The number of nitrogens with zero attached hydrogens (tertiary/aromatic N) is 2. The third kappa shape index (κ3) is 3.10. The lowest BCUT2D eigenvalue weighted by Gasteiger charge is -2.16. The number of fused-ring (bicyclic) bond motifs is 1. The van der Waals surface area contributed by atoms with Crippen LogP contribution < -0.4 is 5.49 Å². The molecular formula is C13H13F3N4S. The van der Waals surface area contributed by atoms with Crippen molar-refractivity contribution in [2.24, 2.45) is 0 Å². The summed E-state index contributed by atoms with van der Waals surface area (Å²) in [7, 11) is 0. The number of nitrogens with one attached hydrogen (secondary N) is 2. The Morgan fingerprint density at radius 3 is 2.48 bits per heavy atom. The first-order valence-electron chi connectivity index (χ1n) is 6.11. The highest BCUT2D eigenvalue weighted by Gasteiger charge is 2.37. The number of thioether (sulfide) groups is 1. The molecule has 4 nitrogen and oxygen atoms in total. The van der Waals surface area contributed by atoms with Gasteiger partial charge in [-0.05, 0) is 12.1 Å². The first-order valence-corrected chi connectivity index (χ1v) is 6.99. The van der Waals surface area contributed by atoms with Crippen LogP contribution in [0, 0.1) is 10.8 Å². The summed E-state index contributed by atoms with van der Waals surface area (Å²) in [5.74, 6) is -1.59. The molecule has 0 bridgehead atoms. The lowest BCUT2D eigenvalue weighted by atomic mass is 10.3. The van der Waals surface area contributed by atoms with Crippen molar-refractivity contribution in [1.29, 1.82) is 10.8 Å². The zero-order valence-corrected chi connectivity index (χ0v) is 12.1. The lowest BCUT2D eigenvalue weighted by molar-refractivity contribution is -0.0624. The minimum Gasteiger partial charge on any atom is -0.282 e. The van der Waals surface area contributed by atoms with Crippen LogP contribution in [0.4, 0.5) is 13.2 Å². The molecule has 0 aliphatic rings. The monoisotopic (exact) mass is 314 g/mol. The second kappa shape index (κ2) is 5.51. The summed E-state index contributed by atoms with van der Waals surface area (Å²) in [5.41, 5.74) is -0.00157. The molecule has 0 unspecified atom stereocenters. The van der Waals surface area contributed by atoms with Gasteiger partial charge in [0.15, 0.2) is 5.49 Å². The molecule has 0 spiro atoms. The van der Waals surface area contributed by atoms with Crippen molar-refractivity contribution >= 4 is 28.6 Å². The Kier molecular flexibility index (Phi) is 4.08. The lowest BCUT2D eigenvalue weighted by Crippen LogP contribution is -2.38. The molecule has 0 saturated heterocycles. The fraction of sp³-hybridized carbons (Fsp3) is 0.308. The van der Waals surface area contributed by atoms with Crippen molar-refractivity contribution < 1.29 is 13.2 Å². The molecule has 2 rings (SSSR count). The first kappa shape index (κ1) is 15.6. The number of alkyl halides is 3. The molecule has 1 aromatic heterocycles. The molecule has 0 saturated carbocycles. The summed E-state index contributed by atoms with van der Waals surface area (Å²) in [5, 5.41) is 15.6. The molecule has 1 aromatic carbocycles. The van der Waals surface area contributed by atoms with Gasteiger partial charge in [0.05, 0.1) is 11.0 Å². The zero-order valence-electron chi connectivity index (χ0n) is 11.3. The van der Waals surface area contributed by atoms with Gasteiger partial charge in [-0.25, -0.2) is 4.98 Å². The largest absolute Gasteiger partial charge is 0.449 e. The minimum absolute atomic E-state index is 0.0660. The molecule has 8 heteroatoms. The van der Waals surface area contributed by atoms with Crippen molar-refractivity contribution in [3.63, 3.8) is 0 Å². The molecule has 112 valence electrons. The van der Waals surface area contributed by atoms with E-state index in [-0.39, 0.29) is 15.8 Å². The third-order valence-electron chi connectivity index (χ3n) is 2.61. The first-order chi connectivity index (χ1) is 9.71. The van der Waals surface area contributed by atoms with Crippen LogP contribution in [-0.2, 0) is 0 Å². The van der Waals surface area contributed by atoms with Gasteiger partial charge >= 0.3 is 6.18 Å². The number of benzene rings is 1. The van der Waals surface area contributed by atoms with E-state index in [1.807, 2.05) is 13.8 Å². The van der Waals surface area contributed by atoms with E-state index < -0.39 is 17.5 Å². The SMILES string of the molecule is CC(C)Sc1nc2ccccc2n(C(=N)C(F)(F)F)c1=N. The maximum atomic E-state index is 12.9. The van der Waals surface area contributed by atoms with Crippen molar-refractivity contribution in [3.05, 3.63) is 29.8 Å². The Labute approximate surface area is 123 Å².